The Hall–Kier alpha value is -1.28. The molecular weight excluding hydrogens is 178 g/mol. The maximum atomic E-state index is 8.29. The molecular formula is C9H17N5. The van der Waals surface area contributed by atoms with Crippen molar-refractivity contribution in [1.29, 1.82) is 5.26 Å². The predicted molar refractivity (Wildman–Crippen MR) is 55.5 cm³/mol. The van der Waals surface area contributed by atoms with Gasteiger partial charge in [-0.1, -0.05) is 0 Å². The number of likely N-dealkylation sites (tertiary alicyclic amines) is 1. The van der Waals surface area contributed by atoms with Crippen molar-refractivity contribution in [3.05, 3.63) is 0 Å². The summed E-state index contributed by atoms with van der Waals surface area (Å²) >= 11 is 0. The lowest BCUT2D eigenvalue weighted by atomic mass is 9.99. The molecule has 1 fully saturated rings. The van der Waals surface area contributed by atoms with Gasteiger partial charge < -0.3 is 10.6 Å². The van der Waals surface area contributed by atoms with E-state index in [1.165, 1.54) is 19.4 Å². The summed E-state index contributed by atoms with van der Waals surface area (Å²) in [5, 5.41) is 10.6. The molecule has 1 saturated heterocycles. The molecule has 0 aromatic rings. The standard InChI is InChI=1S/C9H17N5/c1-14-4-2-3-8(6-14)5-12-9(11)13-7-10/h8H,2-6H2,1H3,(H3,11,12,13). The number of nitrogens with one attached hydrogen (secondary N) is 1. The average molecular weight is 195 g/mol. The van der Waals surface area contributed by atoms with Crippen LogP contribution in [0.15, 0.2) is 4.99 Å². The van der Waals surface area contributed by atoms with E-state index in [0.717, 1.165) is 6.54 Å². The van der Waals surface area contributed by atoms with Crippen molar-refractivity contribution >= 4 is 5.96 Å². The second-order valence-corrected chi connectivity index (χ2v) is 3.73. The molecule has 5 heteroatoms. The van der Waals surface area contributed by atoms with Gasteiger partial charge >= 0.3 is 0 Å². The van der Waals surface area contributed by atoms with Crippen LogP contribution in [0.2, 0.25) is 0 Å². The summed E-state index contributed by atoms with van der Waals surface area (Å²) in [6.07, 6.45) is 4.17. The Morgan fingerprint density at radius 2 is 2.57 bits per heavy atom. The van der Waals surface area contributed by atoms with Crippen molar-refractivity contribution in [3.8, 4) is 6.19 Å². The van der Waals surface area contributed by atoms with Gasteiger partial charge in [0.25, 0.3) is 0 Å². The zero-order valence-corrected chi connectivity index (χ0v) is 8.53. The van der Waals surface area contributed by atoms with Crippen molar-refractivity contribution in [3.63, 3.8) is 0 Å². The van der Waals surface area contributed by atoms with Gasteiger partial charge in [-0.25, -0.2) is 0 Å². The Morgan fingerprint density at radius 1 is 1.79 bits per heavy atom. The minimum absolute atomic E-state index is 0.223. The highest BCUT2D eigenvalue weighted by Crippen LogP contribution is 2.14. The Morgan fingerprint density at radius 3 is 3.21 bits per heavy atom. The molecule has 1 heterocycles. The van der Waals surface area contributed by atoms with Crippen LogP contribution < -0.4 is 11.1 Å². The maximum absolute atomic E-state index is 8.29. The molecule has 1 atom stereocenters. The molecule has 0 bridgehead atoms. The van der Waals surface area contributed by atoms with Crippen LogP contribution in [-0.2, 0) is 0 Å². The monoisotopic (exact) mass is 195 g/mol. The zero-order valence-electron chi connectivity index (χ0n) is 8.53. The fourth-order valence-corrected chi connectivity index (χ4v) is 1.75. The minimum atomic E-state index is 0.223. The lowest BCUT2D eigenvalue weighted by Crippen LogP contribution is -2.34. The first-order chi connectivity index (χ1) is 6.72. The Labute approximate surface area is 84.6 Å². The van der Waals surface area contributed by atoms with Crippen LogP contribution in [0.25, 0.3) is 0 Å². The van der Waals surface area contributed by atoms with E-state index in [1.54, 1.807) is 6.19 Å². The van der Waals surface area contributed by atoms with Crippen LogP contribution in [0.1, 0.15) is 12.8 Å². The van der Waals surface area contributed by atoms with Crippen molar-refractivity contribution < 1.29 is 0 Å². The SMILES string of the molecule is CN1CCCC(CN=C(N)NC#N)C1. The quantitative estimate of drug-likeness (QED) is 0.275. The first-order valence-electron chi connectivity index (χ1n) is 4.86. The van der Waals surface area contributed by atoms with Crippen LogP contribution in [0.5, 0.6) is 0 Å². The Balaban J connectivity index is 2.30. The number of guanidine groups is 1. The third-order valence-electron chi connectivity index (χ3n) is 2.43. The second kappa shape index (κ2) is 5.45. The number of hydrogen-bond acceptors (Lipinski definition) is 3. The molecule has 0 aromatic carbocycles. The van der Waals surface area contributed by atoms with Crippen molar-refractivity contribution in [2.24, 2.45) is 16.6 Å². The average Bonchev–Trinajstić information content (AvgIpc) is 2.15. The van der Waals surface area contributed by atoms with E-state index < -0.39 is 0 Å². The summed E-state index contributed by atoms with van der Waals surface area (Å²) in [5.41, 5.74) is 5.44. The molecule has 1 rings (SSSR count). The molecule has 3 N–H and O–H groups in total. The summed E-state index contributed by atoms with van der Waals surface area (Å²) in [6, 6.07) is 0. The third-order valence-corrected chi connectivity index (χ3v) is 2.43. The number of piperidine rings is 1. The molecule has 5 nitrogen and oxygen atoms in total. The van der Waals surface area contributed by atoms with E-state index >= 15 is 0 Å². The van der Waals surface area contributed by atoms with E-state index in [4.69, 9.17) is 11.0 Å². The summed E-state index contributed by atoms with van der Waals surface area (Å²) in [6.45, 7) is 2.96. The van der Waals surface area contributed by atoms with E-state index in [-0.39, 0.29) is 5.96 Å². The highest BCUT2D eigenvalue weighted by Gasteiger charge is 2.16. The van der Waals surface area contributed by atoms with Crippen LogP contribution in [0.3, 0.4) is 0 Å². The number of hydrogen-bond donors (Lipinski definition) is 2. The lowest BCUT2D eigenvalue weighted by molar-refractivity contribution is 0.214. The van der Waals surface area contributed by atoms with Crippen LogP contribution in [0.4, 0.5) is 0 Å². The van der Waals surface area contributed by atoms with Gasteiger partial charge in [0.2, 0.25) is 5.96 Å². The van der Waals surface area contributed by atoms with Gasteiger partial charge in [0.15, 0.2) is 6.19 Å². The first-order valence-corrected chi connectivity index (χ1v) is 4.86. The molecule has 78 valence electrons. The van der Waals surface area contributed by atoms with Gasteiger partial charge in [-0.2, -0.15) is 5.26 Å². The molecule has 0 aromatic heterocycles. The Kier molecular flexibility index (Phi) is 4.20. The predicted octanol–water partition coefficient (Wildman–Crippen LogP) is -0.286. The van der Waals surface area contributed by atoms with Gasteiger partial charge in [-0.05, 0) is 32.4 Å². The summed E-state index contributed by atoms with van der Waals surface area (Å²) in [5.74, 6) is 0.800. The minimum Gasteiger partial charge on any atom is -0.369 e. The fourth-order valence-electron chi connectivity index (χ4n) is 1.75. The molecule has 14 heavy (non-hydrogen) atoms. The van der Waals surface area contributed by atoms with E-state index in [1.807, 2.05) is 0 Å². The van der Waals surface area contributed by atoms with E-state index in [2.05, 4.69) is 22.3 Å². The van der Waals surface area contributed by atoms with Gasteiger partial charge in [0.05, 0.1) is 0 Å². The highest BCUT2D eigenvalue weighted by atomic mass is 15.1. The third kappa shape index (κ3) is 3.62. The number of rotatable bonds is 2. The smallest absolute Gasteiger partial charge is 0.202 e. The van der Waals surface area contributed by atoms with Crippen molar-refractivity contribution in [2.75, 3.05) is 26.7 Å². The molecule has 0 radical (unpaired) electrons. The molecule has 1 aliphatic rings. The highest BCUT2D eigenvalue weighted by molar-refractivity contribution is 5.79. The summed E-state index contributed by atoms with van der Waals surface area (Å²) in [4.78, 5) is 6.41. The Bertz CT molecular complexity index is 242. The van der Waals surface area contributed by atoms with Crippen molar-refractivity contribution in [2.45, 2.75) is 12.8 Å². The normalized spacial score (nSPS) is 24.3. The molecule has 0 spiro atoms. The zero-order chi connectivity index (χ0) is 10.4. The second-order valence-electron chi connectivity index (χ2n) is 3.73. The molecule has 0 saturated carbocycles. The van der Waals surface area contributed by atoms with Crippen molar-refractivity contribution in [1.82, 2.24) is 10.2 Å². The largest absolute Gasteiger partial charge is 0.369 e. The van der Waals surface area contributed by atoms with E-state index in [9.17, 15) is 0 Å². The molecule has 0 amide bonds. The maximum Gasteiger partial charge on any atom is 0.202 e. The number of nitrogens with zero attached hydrogens (tertiary/aromatic N) is 3. The molecule has 1 aliphatic heterocycles. The van der Waals surface area contributed by atoms with Crippen LogP contribution in [0, 0.1) is 17.4 Å². The van der Waals surface area contributed by atoms with E-state index in [0.29, 0.717) is 12.5 Å². The number of aliphatic imine (C=N–C) groups is 1. The van der Waals surface area contributed by atoms with Gasteiger partial charge in [0, 0.05) is 13.1 Å². The fraction of sp³-hybridized carbons (Fsp3) is 0.778. The van der Waals surface area contributed by atoms with Gasteiger partial charge in [-0.3, -0.25) is 10.3 Å². The summed E-state index contributed by atoms with van der Waals surface area (Å²) in [7, 11) is 2.12. The van der Waals surface area contributed by atoms with Gasteiger partial charge in [0.1, 0.15) is 0 Å². The molecule has 1 unspecified atom stereocenters. The first kappa shape index (κ1) is 10.8. The summed E-state index contributed by atoms with van der Waals surface area (Å²) < 4.78 is 0. The van der Waals surface area contributed by atoms with Crippen LogP contribution in [-0.4, -0.2) is 37.5 Å². The topological polar surface area (TPSA) is 77.4 Å². The van der Waals surface area contributed by atoms with Gasteiger partial charge in [-0.15, -0.1) is 0 Å². The lowest BCUT2D eigenvalue weighted by Gasteiger charge is -2.28. The van der Waals surface area contributed by atoms with Crippen LogP contribution >= 0.6 is 0 Å². The number of nitrogens with two attached hydrogens (primary N) is 1. The number of nitriles is 1. The molecule has 0 aliphatic carbocycles.